The topological polar surface area (TPSA) is 45.0 Å². The van der Waals surface area contributed by atoms with Crippen LogP contribution in [-0.2, 0) is 17.7 Å². The molecule has 0 unspecified atom stereocenters. The van der Waals surface area contributed by atoms with E-state index in [1.807, 2.05) is 37.3 Å². The molecule has 0 saturated carbocycles. The van der Waals surface area contributed by atoms with Crippen molar-refractivity contribution in [1.29, 1.82) is 5.26 Å². The van der Waals surface area contributed by atoms with E-state index in [0.29, 0.717) is 12.2 Å². The molecule has 0 aromatic heterocycles. The molecular formula is C18H20N2O. The molecule has 0 aliphatic heterocycles. The number of anilines is 1. The molecule has 0 atom stereocenters. The van der Waals surface area contributed by atoms with Gasteiger partial charge in [-0.25, -0.2) is 0 Å². The first-order valence-electron chi connectivity index (χ1n) is 7.05. The standard InChI is InChI=1S/C18H20N2O/c1-14-11-15(12-19)7-8-17(14)13-20-18-6-4-3-5-16(18)9-10-21-2/h3-8,11,20H,9-10,13H2,1-2H3. The molecular weight excluding hydrogens is 260 g/mol. The third-order valence-electron chi connectivity index (χ3n) is 3.53. The highest BCUT2D eigenvalue weighted by Gasteiger charge is 2.03. The Bertz CT molecular complexity index is 644. The van der Waals surface area contributed by atoms with Crippen LogP contribution in [-0.4, -0.2) is 13.7 Å². The highest BCUT2D eigenvalue weighted by atomic mass is 16.5. The summed E-state index contributed by atoms with van der Waals surface area (Å²) in [6, 6.07) is 16.2. The van der Waals surface area contributed by atoms with Gasteiger partial charge in [-0.1, -0.05) is 24.3 Å². The number of ether oxygens (including phenoxy) is 1. The van der Waals surface area contributed by atoms with E-state index in [4.69, 9.17) is 10.00 Å². The Kier molecular flexibility index (Phi) is 5.36. The molecule has 0 radical (unpaired) electrons. The van der Waals surface area contributed by atoms with Gasteiger partial charge in [0.15, 0.2) is 0 Å². The Morgan fingerprint density at radius 3 is 2.67 bits per heavy atom. The van der Waals surface area contributed by atoms with Crippen molar-refractivity contribution >= 4 is 5.69 Å². The van der Waals surface area contributed by atoms with Gasteiger partial charge in [0.05, 0.1) is 18.2 Å². The third kappa shape index (κ3) is 4.08. The van der Waals surface area contributed by atoms with E-state index < -0.39 is 0 Å². The molecule has 0 heterocycles. The summed E-state index contributed by atoms with van der Waals surface area (Å²) in [6.07, 6.45) is 0.895. The van der Waals surface area contributed by atoms with Gasteiger partial charge >= 0.3 is 0 Å². The summed E-state index contributed by atoms with van der Waals surface area (Å²) < 4.78 is 5.15. The summed E-state index contributed by atoms with van der Waals surface area (Å²) >= 11 is 0. The molecule has 0 fully saturated rings. The predicted octanol–water partition coefficient (Wildman–Crippen LogP) is 3.67. The lowest BCUT2D eigenvalue weighted by molar-refractivity contribution is 0.202. The van der Waals surface area contributed by atoms with E-state index in [-0.39, 0.29) is 0 Å². The number of methoxy groups -OCH3 is 1. The first-order valence-corrected chi connectivity index (χ1v) is 7.05. The molecule has 0 saturated heterocycles. The number of hydrogen-bond donors (Lipinski definition) is 1. The molecule has 2 rings (SSSR count). The third-order valence-corrected chi connectivity index (χ3v) is 3.53. The van der Waals surface area contributed by atoms with Crippen LogP contribution < -0.4 is 5.32 Å². The molecule has 3 nitrogen and oxygen atoms in total. The summed E-state index contributed by atoms with van der Waals surface area (Å²) in [5, 5.41) is 12.4. The van der Waals surface area contributed by atoms with E-state index in [9.17, 15) is 0 Å². The Hall–Kier alpha value is -2.31. The van der Waals surface area contributed by atoms with Crippen molar-refractivity contribution in [2.24, 2.45) is 0 Å². The highest BCUT2D eigenvalue weighted by Crippen LogP contribution is 2.18. The quantitative estimate of drug-likeness (QED) is 0.878. The number of benzene rings is 2. The van der Waals surface area contributed by atoms with Gasteiger partial charge in [0.25, 0.3) is 0 Å². The molecule has 0 aliphatic carbocycles. The van der Waals surface area contributed by atoms with E-state index in [2.05, 4.69) is 23.5 Å². The molecule has 3 heteroatoms. The highest BCUT2D eigenvalue weighted by molar-refractivity contribution is 5.52. The maximum Gasteiger partial charge on any atom is 0.0991 e. The lowest BCUT2D eigenvalue weighted by atomic mass is 10.0. The van der Waals surface area contributed by atoms with Crippen LogP contribution in [0.2, 0.25) is 0 Å². The molecule has 0 amide bonds. The lowest BCUT2D eigenvalue weighted by Gasteiger charge is -2.13. The molecule has 2 aromatic rings. The van der Waals surface area contributed by atoms with Crippen LogP contribution >= 0.6 is 0 Å². The van der Waals surface area contributed by atoms with Gasteiger partial charge in [-0.05, 0) is 48.2 Å². The van der Waals surface area contributed by atoms with Crippen LogP contribution in [0.25, 0.3) is 0 Å². The van der Waals surface area contributed by atoms with Crippen LogP contribution in [0.3, 0.4) is 0 Å². The minimum atomic E-state index is 0.705. The van der Waals surface area contributed by atoms with Crippen molar-refractivity contribution in [1.82, 2.24) is 0 Å². The van der Waals surface area contributed by atoms with Crippen molar-refractivity contribution in [3.63, 3.8) is 0 Å². The second kappa shape index (κ2) is 7.47. The van der Waals surface area contributed by atoms with E-state index in [0.717, 1.165) is 24.2 Å². The van der Waals surface area contributed by atoms with Crippen molar-refractivity contribution in [2.75, 3.05) is 19.0 Å². The van der Waals surface area contributed by atoms with Gasteiger partial charge in [-0.2, -0.15) is 5.26 Å². The zero-order valence-electron chi connectivity index (χ0n) is 12.5. The summed E-state index contributed by atoms with van der Waals surface area (Å²) in [4.78, 5) is 0. The largest absolute Gasteiger partial charge is 0.384 e. The number of aryl methyl sites for hydroxylation is 1. The van der Waals surface area contributed by atoms with Crippen LogP contribution in [0.4, 0.5) is 5.69 Å². The predicted molar refractivity (Wildman–Crippen MR) is 85.2 cm³/mol. The molecule has 0 bridgehead atoms. The number of nitrogens with zero attached hydrogens (tertiary/aromatic N) is 1. The lowest BCUT2D eigenvalue weighted by Crippen LogP contribution is -2.05. The van der Waals surface area contributed by atoms with Crippen LogP contribution in [0.15, 0.2) is 42.5 Å². The number of para-hydroxylation sites is 1. The number of hydrogen-bond acceptors (Lipinski definition) is 3. The van der Waals surface area contributed by atoms with E-state index >= 15 is 0 Å². The minimum Gasteiger partial charge on any atom is -0.384 e. The maximum absolute atomic E-state index is 8.90. The van der Waals surface area contributed by atoms with E-state index in [1.54, 1.807) is 7.11 Å². The normalized spacial score (nSPS) is 10.1. The average Bonchev–Trinajstić information content (AvgIpc) is 2.52. The van der Waals surface area contributed by atoms with Crippen LogP contribution in [0.1, 0.15) is 22.3 Å². The fourth-order valence-corrected chi connectivity index (χ4v) is 2.28. The second-order valence-electron chi connectivity index (χ2n) is 5.01. The molecule has 108 valence electrons. The Morgan fingerprint density at radius 1 is 1.14 bits per heavy atom. The zero-order valence-corrected chi connectivity index (χ0v) is 12.5. The molecule has 0 spiro atoms. The monoisotopic (exact) mass is 280 g/mol. The molecule has 21 heavy (non-hydrogen) atoms. The van der Waals surface area contributed by atoms with Gasteiger partial charge in [-0.3, -0.25) is 0 Å². The van der Waals surface area contributed by atoms with E-state index in [1.165, 1.54) is 11.1 Å². The average molecular weight is 280 g/mol. The van der Waals surface area contributed by atoms with Gasteiger partial charge in [-0.15, -0.1) is 0 Å². The Balaban J connectivity index is 2.08. The first kappa shape index (κ1) is 15.1. The van der Waals surface area contributed by atoms with Gasteiger partial charge in [0.2, 0.25) is 0 Å². The SMILES string of the molecule is COCCc1ccccc1NCc1ccc(C#N)cc1C. The van der Waals surface area contributed by atoms with Crippen LogP contribution in [0.5, 0.6) is 0 Å². The van der Waals surface area contributed by atoms with Crippen molar-refractivity contribution in [3.05, 3.63) is 64.7 Å². The molecule has 2 aromatic carbocycles. The van der Waals surface area contributed by atoms with Gasteiger partial charge in [0.1, 0.15) is 0 Å². The summed E-state index contributed by atoms with van der Waals surface area (Å²) in [6.45, 7) is 3.50. The minimum absolute atomic E-state index is 0.705. The van der Waals surface area contributed by atoms with Gasteiger partial charge in [0, 0.05) is 19.3 Å². The number of nitrogens with one attached hydrogen (secondary N) is 1. The van der Waals surface area contributed by atoms with Crippen molar-refractivity contribution in [2.45, 2.75) is 19.9 Å². The second-order valence-corrected chi connectivity index (χ2v) is 5.01. The number of rotatable bonds is 6. The smallest absolute Gasteiger partial charge is 0.0991 e. The zero-order chi connectivity index (χ0) is 15.1. The first-order chi connectivity index (χ1) is 10.2. The Morgan fingerprint density at radius 2 is 1.95 bits per heavy atom. The van der Waals surface area contributed by atoms with Crippen molar-refractivity contribution in [3.8, 4) is 6.07 Å². The summed E-state index contributed by atoms with van der Waals surface area (Å²) in [7, 11) is 1.72. The Labute approximate surface area is 126 Å². The van der Waals surface area contributed by atoms with Crippen LogP contribution in [0, 0.1) is 18.3 Å². The molecule has 0 aliphatic rings. The maximum atomic E-state index is 8.90. The molecule has 1 N–H and O–H groups in total. The summed E-state index contributed by atoms with van der Waals surface area (Å²) in [5.41, 5.74) is 5.44. The van der Waals surface area contributed by atoms with Gasteiger partial charge < -0.3 is 10.1 Å². The fraction of sp³-hybridized carbons (Fsp3) is 0.278. The van der Waals surface area contributed by atoms with Crippen molar-refractivity contribution < 1.29 is 4.74 Å². The number of nitriles is 1. The summed E-state index contributed by atoms with van der Waals surface area (Å²) in [5.74, 6) is 0. The fourth-order valence-electron chi connectivity index (χ4n) is 2.28.